The van der Waals surface area contributed by atoms with Crippen molar-refractivity contribution in [3.05, 3.63) is 60.2 Å². The Morgan fingerprint density at radius 1 is 1.00 bits per heavy atom. The number of para-hydroxylation sites is 1. The molecular weight excluding hydrogens is 365 g/mol. The molecule has 0 amide bonds. The molecule has 0 saturated carbocycles. The molecule has 0 aliphatic rings. The Balaban J connectivity index is 2.19. The monoisotopic (exact) mass is 391 g/mol. The second-order valence-corrected chi connectivity index (χ2v) is 7.93. The molecule has 3 atom stereocenters. The molecule has 0 aliphatic heterocycles. The van der Waals surface area contributed by atoms with Gasteiger partial charge in [0.2, 0.25) is 0 Å². The van der Waals surface area contributed by atoms with Gasteiger partial charge < -0.3 is 13.8 Å². The first-order valence-electron chi connectivity index (χ1n) is 8.90. The largest absolute Gasteiger partial charge is 0.513 e. The minimum atomic E-state index is -3.89. The van der Waals surface area contributed by atoms with Crippen molar-refractivity contribution in [1.82, 2.24) is 5.09 Å². The van der Waals surface area contributed by atoms with E-state index in [0.717, 1.165) is 5.56 Å². The van der Waals surface area contributed by atoms with Crippen LogP contribution in [-0.4, -0.2) is 18.1 Å². The Bertz CT molecular complexity index is 779. The number of rotatable bonds is 9. The minimum Gasteiger partial charge on any atom is -0.462 e. The summed E-state index contributed by atoms with van der Waals surface area (Å²) in [4.78, 5) is 12.2. The molecule has 1 N–H and O–H groups in total. The van der Waals surface area contributed by atoms with Crippen LogP contribution in [0.4, 0.5) is 0 Å². The fourth-order valence-electron chi connectivity index (χ4n) is 2.10. The van der Waals surface area contributed by atoms with Crippen LogP contribution in [0.1, 0.15) is 32.8 Å². The maximum atomic E-state index is 13.3. The van der Waals surface area contributed by atoms with Gasteiger partial charge in [-0.1, -0.05) is 42.8 Å². The minimum absolute atomic E-state index is 0.228. The third kappa shape index (κ3) is 6.74. The highest BCUT2D eigenvalue weighted by Crippen LogP contribution is 2.45. The van der Waals surface area contributed by atoms with Crippen molar-refractivity contribution < 1.29 is 23.1 Å². The fourth-order valence-corrected chi connectivity index (χ4v) is 3.62. The highest BCUT2D eigenvalue weighted by molar-refractivity contribution is 7.52. The number of nitrogens with one attached hydrogen (secondary N) is 1. The summed E-state index contributed by atoms with van der Waals surface area (Å²) in [7, 11) is -3.89. The predicted molar refractivity (Wildman–Crippen MR) is 105 cm³/mol. The number of carbonyl (C=O) groups is 1. The highest BCUT2D eigenvalue weighted by Gasteiger charge is 2.34. The fraction of sp³-hybridized carbons (Fsp3) is 0.350. The normalized spacial score (nSPS) is 15.3. The average molecular weight is 391 g/mol. The first kappa shape index (κ1) is 21.0. The van der Waals surface area contributed by atoms with Crippen molar-refractivity contribution >= 4 is 13.7 Å². The summed E-state index contributed by atoms with van der Waals surface area (Å²) in [6.45, 7) is 7.21. The van der Waals surface area contributed by atoms with Gasteiger partial charge in [0.05, 0.1) is 6.10 Å². The molecule has 1 unspecified atom stereocenters. The number of ether oxygens (including phenoxy) is 1. The zero-order chi connectivity index (χ0) is 19.9. The van der Waals surface area contributed by atoms with Gasteiger partial charge in [-0.05, 0) is 51.5 Å². The lowest BCUT2D eigenvalue weighted by Gasteiger charge is -2.24. The number of carbonyl (C=O) groups excluding carboxylic acids is 1. The third-order valence-corrected chi connectivity index (χ3v) is 5.42. The molecule has 7 heteroatoms. The van der Waals surface area contributed by atoms with Crippen LogP contribution in [-0.2, 0) is 14.1 Å². The highest BCUT2D eigenvalue weighted by atomic mass is 31.2. The van der Waals surface area contributed by atoms with Crippen molar-refractivity contribution in [2.45, 2.75) is 46.3 Å². The Morgan fingerprint density at radius 3 is 2.11 bits per heavy atom. The quantitative estimate of drug-likeness (QED) is 0.485. The van der Waals surface area contributed by atoms with Gasteiger partial charge in [0, 0.05) is 0 Å². The van der Waals surface area contributed by atoms with Crippen LogP contribution >= 0.6 is 7.75 Å². The number of benzene rings is 2. The molecular formula is C20H26NO5P. The van der Waals surface area contributed by atoms with Crippen LogP contribution < -0.4 is 14.1 Å². The van der Waals surface area contributed by atoms with Gasteiger partial charge >= 0.3 is 13.7 Å². The summed E-state index contributed by atoms with van der Waals surface area (Å²) >= 11 is 0. The SMILES string of the molecule is CC[C@@H](C)OC(=O)[C@H](C)NP(=O)(Oc1ccccc1)Oc1ccc(C)cc1. The first-order valence-corrected chi connectivity index (χ1v) is 10.4. The van der Waals surface area contributed by atoms with Crippen molar-refractivity contribution in [2.75, 3.05) is 0 Å². The van der Waals surface area contributed by atoms with Crippen molar-refractivity contribution in [2.24, 2.45) is 0 Å². The van der Waals surface area contributed by atoms with E-state index in [1.54, 1.807) is 50.2 Å². The third-order valence-electron chi connectivity index (χ3n) is 3.81. The van der Waals surface area contributed by atoms with E-state index in [-0.39, 0.29) is 6.10 Å². The van der Waals surface area contributed by atoms with Crippen LogP contribution in [0, 0.1) is 6.92 Å². The zero-order valence-corrected chi connectivity index (χ0v) is 16.9. The molecule has 0 radical (unpaired) electrons. The molecule has 0 heterocycles. The molecule has 2 rings (SSSR count). The van der Waals surface area contributed by atoms with E-state index in [1.165, 1.54) is 0 Å². The summed E-state index contributed by atoms with van der Waals surface area (Å²) in [6, 6.07) is 14.8. The van der Waals surface area contributed by atoms with Crippen LogP contribution in [0.25, 0.3) is 0 Å². The van der Waals surface area contributed by atoms with Gasteiger partial charge in [0.1, 0.15) is 17.5 Å². The molecule has 0 bridgehead atoms. The van der Waals surface area contributed by atoms with E-state index < -0.39 is 19.8 Å². The van der Waals surface area contributed by atoms with E-state index >= 15 is 0 Å². The van der Waals surface area contributed by atoms with Crippen LogP contribution in [0.5, 0.6) is 11.5 Å². The molecule has 6 nitrogen and oxygen atoms in total. The van der Waals surface area contributed by atoms with E-state index in [2.05, 4.69) is 5.09 Å². The topological polar surface area (TPSA) is 73.9 Å². The van der Waals surface area contributed by atoms with E-state index in [1.807, 2.05) is 32.0 Å². The second-order valence-electron chi connectivity index (χ2n) is 6.31. The Kier molecular flexibility index (Phi) is 7.45. The Morgan fingerprint density at radius 2 is 1.56 bits per heavy atom. The predicted octanol–water partition coefficient (Wildman–Crippen LogP) is 4.88. The molecule has 27 heavy (non-hydrogen) atoms. The smallest absolute Gasteiger partial charge is 0.462 e. The lowest BCUT2D eigenvalue weighted by molar-refractivity contribution is -0.150. The second kappa shape index (κ2) is 9.58. The molecule has 0 aliphatic carbocycles. The van der Waals surface area contributed by atoms with Crippen LogP contribution in [0.3, 0.4) is 0 Å². The van der Waals surface area contributed by atoms with Gasteiger partial charge in [-0.25, -0.2) is 4.57 Å². The molecule has 0 saturated heterocycles. The van der Waals surface area contributed by atoms with E-state index in [9.17, 15) is 9.36 Å². The van der Waals surface area contributed by atoms with Crippen molar-refractivity contribution in [3.63, 3.8) is 0 Å². The lowest BCUT2D eigenvalue weighted by atomic mass is 10.2. The summed E-state index contributed by atoms with van der Waals surface area (Å²) in [6.07, 6.45) is 0.463. The summed E-state index contributed by atoms with van der Waals surface area (Å²) < 4.78 is 29.9. The summed E-state index contributed by atoms with van der Waals surface area (Å²) in [5, 5.41) is 2.67. The number of aryl methyl sites for hydroxylation is 1. The standard InChI is InChI=1S/C20H26NO5P/c1-5-16(3)24-20(22)17(4)21-27(23,25-18-9-7-6-8-10-18)26-19-13-11-15(2)12-14-19/h6-14,16-17H,5H2,1-4H3,(H,21,23)/t16-,17+,27?/m1/s1. The maximum Gasteiger partial charge on any atom is 0.513 e. The maximum absolute atomic E-state index is 13.3. The van der Waals surface area contributed by atoms with Crippen LogP contribution in [0.15, 0.2) is 54.6 Å². The molecule has 0 spiro atoms. The first-order chi connectivity index (χ1) is 12.8. The van der Waals surface area contributed by atoms with E-state index in [4.69, 9.17) is 13.8 Å². The van der Waals surface area contributed by atoms with E-state index in [0.29, 0.717) is 17.9 Å². The van der Waals surface area contributed by atoms with Gasteiger partial charge in [-0.3, -0.25) is 4.79 Å². The number of esters is 1. The lowest BCUT2D eigenvalue weighted by Crippen LogP contribution is -2.37. The van der Waals surface area contributed by atoms with Crippen LogP contribution in [0.2, 0.25) is 0 Å². The Hall–Kier alpha value is -2.30. The number of hydrogen-bond acceptors (Lipinski definition) is 5. The molecule has 0 aromatic heterocycles. The van der Waals surface area contributed by atoms with Gasteiger partial charge in [0.25, 0.3) is 0 Å². The van der Waals surface area contributed by atoms with Gasteiger partial charge in [-0.2, -0.15) is 5.09 Å². The molecule has 2 aromatic carbocycles. The molecule has 2 aromatic rings. The van der Waals surface area contributed by atoms with Crippen molar-refractivity contribution in [1.29, 1.82) is 0 Å². The van der Waals surface area contributed by atoms with Crippen molar-refractivity contribution in [3.8, 4) is 11.5 Å². The summed E-state index contributed by atoms with van der Waals surface area (Å²) in [5.41, 5.74) is 1.04. The Labute approximate surface area is 160 Å². The van der Waals surface area contributed by atoms with Gasteiger partial charge in [-0.15, -0.1) is 0 Å². The number of hydrogen-bond donors (Lipinski definition) is 1. The van der Waals surface area contributed by atoms with Gasteiger partial charge in [0.15, 0.2) is 0 Å². The summed E-state index contributed by atoms with van der Waals surface area (Å²) in [5.74, 6) is 0.214. The molecule has 146 valence electrons. The molecule has 0 fully saturated rings. The average Bonchev–Trinajstić information content (AvgIpc) is 2.64. The zero-order valence-electron chi connectivity index (χ0n) is 16.0.